The monoisotopic (exact) mass is 265 g/mol. The fourth-order valence-electron chi connectivity index (χ4n) is 2.69. The number of nitrogens with zero attached hydrogens (tertiary/aromatic N) is 3. The molecule has 6 nitrogen and oxygen atoms in total. The lowest BCUT2D eigenvalue weighted by Crippen LogP contribution is -2.43. The van der Waals surface area contributed by atoms with Crippen molar-refractivity contribution in [3.8, 4) is 0 Å². The van der Waals surface area contributed by atoms with Crippen molar-refractivity contribution >= 4 is 11.9 Å². The van der Waals surface area contributed by atoms with Crippen molar-refractivity contribution in [3.05, 3.63) is 18.0 Å². The van der Waals surface area contributed by atoms with Crippen LogP contribution in [0.25, 0.3) is 0 Å². The second-order valence-corrected chi connectivity index (χ2v) is 4.91. The molecule has 2 atom stereocenters. The molecule has 2 unspecified atom stereocenters. The first-order valence-corrected chi connectivity index (χ1v) is 6.56. The van der Waals surface area contributed by atoms with Gasteiger partial charge >= 0.3 is 5.97 Å². The predicted octanol–water partition coefficient (Wildman–Crippen LogP) is 1.29. The Morgan fingerprint density at radius 1 is 1.58 bits per heavy atom. The number of hydrogen-bond donors (Lipinski definition) is 1. The summed E-state index contributed by atoms with van der Waals surface area (Å²) in [6, 6.07) is 1.39. The fraction of sp³-hybridized carbons (Fsp3) is 0.615. The minimum Gasteiger partial charge on any atom is -0.481 e. The van der Waals surface area contributed by atoms with E-state index in [4.69, 9.17) is 0 Å². The summed E-state index contributed by atoms with van der Waals surface area (Å²) < 4.78 is 1.80. The van der Waals surface area contributed by atoms with Crippen molar-refractivity contribution in [3.63, 3.8) is 0 Å². The SMILES string of the molecule is CCCn1nccc1C1C(C(=O)O)CCC(=O)N1C. The Labute approximate surface area is 112 Å². The van der Waals surface area contributed by atoms with E-state index in [1.54, 1.807) is 22.8 Å². The third-order valence-electron chi connectivity index (χ3n) is 3.67. The van der Waals surface area contributed by atoms with Crippen LogP contribution in [0.2, 0.25) is 0 Å². The van der Waals surface area contributed by atoms with Crippen LogP contribution >= 0.6 is 0 Å². The van der Waals surface area contributed by atoms with Gasteiger partial charge in [0.2, 0.25) is 5.91 Å². The van der Waals surface area contributed by atoms with Gasteiger partial charge in [-0.2, -0.15) is 5.10 Å². The Kier molecular flexibility index (Phi) is 3.87. The summed E-state index contributed by atoms with van der Waals surface area (Å²) in [7, 11) is 1.67. The Bertz CT molecular complexity index is 483. The lowest BCUT2D eigenvalue weighted by atomic mass is 9.87. The number of rotatable bonds is 4. The number of carboxylic acid groups (broad SMARTS) is 1. The maximum Gasteiger partial charge on any atom is 0.309 e. The molecule has 0 saturated carbocycles. The maximum absolute atomic E-state index is 11.8. The lowest BCUT2D eigenvalue weighted by molar-refractivity contribution is -0.151. The molecule has 1 N–H and O–H groups in total. The van der Waals surface area contributed by atoms with Crippen LogP contribution in [0.5, 0.6) is 0 Å². The molecule has 1 fully saturated rings. The van der Waals surface area contributed by atoms with Crippen LogP contribution < -0.4 is 0 Å². The summed E-state index contributed by atoms with van der Waals surface area (Å²) in [6.45, 7) is 2.77. The zero-order valence-electron chi connectivity index (χ0n) is 11.2. The van der Waals surface area contributed by atoms with Gasteiger partial charge in [-0.25, -0.2) is 0 Å². The zero-order valence-corrected chi connectivity index (χ0v) is 11.2. The Morgan fingerprint density at radius 2 is 2.32 bits per heavy atom. The van der Waals surface area contributed by atoms with Crippen LogP contribution in [0.4, 0.5) is 0 Å². The summed E-state index contributed by atoms with van der Waals surface area (Å²) >= 11 is 0. The molecule has 1 aliphatic rings. The van der Waals surface area contributed by atoms with E-state index in [2.05, 4.69) is 5.10 Å². The molecule has 6 heteroatoms. The molecule has 2 heterocycles. The molecule has 0 radical (unpaired) electrons. The van der Waals surface area contributed by atoms with E-state index in [9.17, 15) is 14.7 Å². The Balaban J connectivity index is 2.38. The third kappa shape index (κ3) is 2.47. The van der Waals surface area contributed by atoms with Gasteiger partial charge < -0.3 is 10.0 Å². The molecule has 19 heavy (non-hydrogen) atoms. The molecule has 0 bridgehead atoms. The van der Waals surface area contributed by atoms with Crippen molar-refractivity contribution in [1.82, 2.24) is 14.7 Å². The zero-order chi connectivity index (χ0) is 14.0. The second-order valence-electron chi connectivity index (χ2n) is 4.91. The number of carbonyl (C=O) groups is 2. The van der Waals surface area contributed by atoms with Gasteiger partial charge in [0.25, 0.3) is 0 Å². The number of amides is 1. The summed E-state index contributed by atoms with van der Waals surface area (Å²) in [6.07, 6.45) is 3.26. The molecule has 0 aromatic carbocycles. The smallest absolute Gasteiger partial charge is 0.309 e. The van der Waals surface area contributed by atoms with Gasteiger partial charge in [0.15, 0.2) is 0 Å². The molecule has 104 valence electrons. The number of aryl methyl sites for hydroxylation is 1. The molecular weight excluding hydrogens is 246 g/mol. The van der Waals surface area contributed by atoms with Crippen LogP contribution in [0.15, 0.2) is 12.3 Å². The summed E-state index contributed by atoms with van der Waals surface area (Å²) in [5.41, 5.74) is 0.810. The highest BCUT2D eigenvalue weighted by molar-refractivity contribution is 5.81. The number of carbonyl (C=O) groups excluding carboxylic acids is 1. The van der Waals surface area contributed by atoms with E-state index in [-0.39, 0.29) is 5.91 Å². The number of carboxylic acids is 1. The molecule has 0 aliphatic carbocycles. The average molecular weight is 265 g/mol. The van der Waals surface area contributed by atoms with Crippen LogP contribution in [0, 0.1) is 5.92 Å². The van der Waals surface area contributed by atoms with Gasteiger partial charge in [-0.1, -0.05) is 6.92 Å². The van der Waals surface area contributed by atoms with Crippen LogP contribution in [-0.4, -0.2) is 38.7 Å². The summed E-state index contributed by atoms with van der Waals surface area (Å²) in [4.78, 5) is 24.8. The van der Waals surface area contributed by atoms with E-state index in [0.29, 0.717) is 12.8 Å². The predicted molar refractivity (Wildman–Crippen MR) is 68.4 cm³/mol. The molecule has 1 aromatic heterocycles. The van der Waals surface area contributed by atoms with Gasteiger partial charge in [-0.15, -0.1) is 0 Å². The van der Waals surface area contributed by atoms with Crippen LogP contribution in [-0.2, 0) is 16.1 Å². The summed E-state index contributed by atoms with van der Waals surface area (Å²) in [5.74, 6) is -1.42. The van der Waals surface area contributed by atoms with Gasteiger partial charge in [0.1, 0.15) is 0 Å². The van der Waals surface area contributed by atoms with Crippen LogP contribution in [0.1, 0.15) is 37.9 Å². The molecule has 1 aromatic rings. The normalized spacial score (nSPS) is 23.7. The maximum atomic E-state index is 11.8. The molecular formula is C13H19N3O3. The standard InChI is InChI=1S/C13H19N3O3/c1-3-8-16-10(6-7-14-16)12-9(13(18)19)4-5-11(17)15(12)2/h6-7,9,12H,3-5,8H2,1-2H3,(H,18,19). The minimum atomic E-state index is -0.853. The molecule has 0 spiro atoms. The topological polar surface area (TPSA) is 75.4 Å². The van der Waals surface area contributed by atoms with Crippen LogP contribution in [0.3, 0.4) is 0 Å². The van der Waals surface area contributed by atoms with Crippen molar-refractivity contribution in [2.75, 3.05) is 7.05 Å². The highest BCUT2D eigenvalue weighted by atomic mass is 16.4. The minimum absolute atomic E-state index is 0.00764. The highest BCUT2D eigenvalue weighted by Gasteiger charge is 2.40. The third-order valence-corrected chi connectivity index (χ3v) is 3.67. The Morgan fingerprint density at radius 3 is 2.95 bits per heavy atom. The van der Waals surface area contributed by atoms with Gasteiger partial charge in [0, 0.05) is 26.2 Å². The van der Waals surface area contributed by atoms with E-state index >= 15 is 0 Å². The molecule has 1 amide bonds. The number of likely N-dealkylation sites (tertiary alicyclic amines) is 1. The number of hydrogen-bond acceptors (Lipinski definition) is 3. The number of aliphatic carboxylic acids is 1. The first-order valence-electron chi connectivity index (χ1n) is 6.56. The lowest BCUT2D eigenvalue weighted by Gasteiger charge is -2.37. The first kappa shape index (κ1) is 13.6. The molecule has 1 saturated heterocycles. The van der Waals surface area contributed by atoms with Crippen molar-refractivity contribution in [2.24, 2.45) is 5.92 Å². The van der Waals surface area contributed by atoms with Crippen molar-refractivity contribution < 1.29 is 14.7 Å². The first-order chi connectivity index (χ1) is 9.06. The van der Waals surface area contributed by atoms with Gasteiger partial charge in [-0.3, -0.25) is 14.3 Å². The van der Waals surface area contributed by atoms with E-state index in [1.165, 1.54) is 0 Å². The van der Waals surface area contributed by atoms with E-state index in [0.717, 1.165) is 18.7 Å². The van der Waals surface area contributed by atoms with Crippen molar-refractivity contribution in [2.45, 2.75) is 38.8 Å². The number of piperidine rings is 1. The van der Waals surface area contributed by atoms with Gasteiger partial charge in [-0.05, 0) is 18.9 Å². The quantitative estimate of drug-likeness (QED) is 0.890. The van der Waals surface area contributed by atoms with Gasteiger partial charge in [0.05, 0.1) is 17.7 Å². The number of aromatic nitrogens is 2. The van der Waals surface area contributed by atoms with Crippen molar-refractivity contribution in [1.29, 1.82) is 0 Å². The highest BCUT2D eigenvalue weighted by Crippen LogP contribution is 2.35. The summed E-state index contributed by atoms with van der Waals surface area (Å²) in [5, 5.41) is 13.6. The average Bonchev–Trinajstić information content (AvgIpc) is 2.80. The van der Waals surface area contributed by atoms with E-state index < -0.39 is 17.9 Å². The molecule has 1 aliphatic heterocycles. The Hall–Kier alpha value is -1.85. The fourth-order valence-corrected chi connectivity index (χ4v) is 2.69. The molecule has 2 rings (SSSR count). The van der Waals surface area contributed by atoms with E-state index in [1.807, 2.05) is 13.0 Å². The largest absolute Gasteiger partial charge is 0.481 e. The second kappa shape index (κ2) is 5.42.